The largest absolute Gasteiger partial charge is 0.358 e. The molecule has 6 heteroatoms. The second kappa shape index (κ2) is 10.1. The summed E-state index contributed by atoms with van der Waals surface area (Å²) >= 11 is 12.4. The first-order chi connectivity index (χ1) is 14.5. The number of hydrogen-bond donors (Lipinski definition) is 0. The van der Waals surface area contributed by atoms with Crippen molar-refractivity contribution >= 4 is 29.1 Å². The van der Waals surface area contributed by atoms with Crippen LogP contribution in [0.25, 0.3) is 0 Å². The summed E-state index contributed by atoms with van der Waals surface area (Å²) in [5.41, 5.74) is 1.70. The molecule has 4 atom stereocenters. The third-order valence-electron chi connectivity index (χ3n) is 5.24. The van der Waals surface area contributed by atoms with Crippen molar-refractivity contribution in [3.63, 3.8) is 0 Å². The Morgan fingerprint density at radius 1 is 1.20 bits per heavy atom. The van der Waals surface area contributed by atoms with E-state index >= 15 is 0 Å². The van der Waals surface area contributed by atoms with E-state index in [1.807, 2.05) is 37.3 Å². The molecule has 3 rings (SSSR count). The van der Waals surface area contributed by atoms with Gasteiger partial charge < -0.3 is 9.64 Å². The topological polar surface area (TPSA) is 53.3 Å². The van der Waals surface area contributed by atoms with E-state index in [1.165, 1.54) is 0 Å². The van der Waals surface area contributed by atoms with Gasteiger partial charge in [0.25, 0.3) is 5.91 Å². The summed E-state index contributed by atoms with van der Waals surface area (Å²) in [6.45, 7) is 5.77. The van der Waals surface area contributed by atoms with Gasteiger partial charge in [-0.15, -0.1) is 6.58 Å². The maximum Gasteiger partial charge on any atom is 0.253 e. The minimum Gasteiger partial charge on any atom is -0.358 e. The van der Waals surface area contributed by atoms with Crippen LogP contribution < -0.4 is 0 Å². The third kappa shape index (κ3) is 4.70. The molecule has 0 saturated carbocycles. The summed E-state index contributed by atoms with van der Waals surface area (Å²) in [6.07, 6.45) is 2.20. The highest BCUT2D eigenvalue weighted by molar-refractivity contribution is 6.30. The number of halogens is 2. The first-order valence-corrected chi connectivity index (χ1v) is 10.7. The molecule has 0 spiro atoms. The van der Waals surface area contributed by atoms with E-state index in [0.717, 1.165) is 17.5 Å². The molecule has 1 fully saturated rings. The molecule has 0 aliphatic carbocycles. The Morgan fingerprint density at radius 2 is 1.93 bits per heavy atom. The average molecular weight is 443 g/mol. The van der Waals surface area contributed by atoms with E-state index in [-0.39, 0.29) is 5.91 Å². The Morgan fingerprint density at radius 3 is 2.53 bits per heavy atom. The van der Waals surface area contributed by atoms with E-state index in [9.17, 15) is 10.1 Å². The van der Waals surface area contributed by atoms with Gasteiger partial charge >= 0.3 is 0 Å². The minimum absolute atomic E-state index is 0.201. The second-order valence-corrected chi connectivity index (χ2v) is 8.17. The number of benzene rings is 2. The van der Waals surface area contributed by atoms with Crippen molar-refractivity contribution in [1.29, 1.82) is 5.26 Å². The lowest BCUT2D eigenvalue weighted by atomic mass is 9.89. The van der Waals surface area contributed by atoms with Crippen molar-refractivity contribution in [1.82, 2.24) is 4.90 Å². The molecule has 1 amide bonds. The normalized spacial score (nSPS) is 22.4. The lowest BCUT2D eigenvalue weighted by Crippen LogP contribution is -2.54. The molecule has 1 aliphatic rings. The van der Waals surface area contributed by atoms with E-state index < -0.39 is 24.3 Å². The van der Waals surface area contributed by atoms with Crippen LogP contribution in [0.1, 0.15) is 49.5 Å². The van der Waals surface area contributed by atoms with E-state index in [0.29, 0.717) is 22.9 Å². The van der Waals surface area contributed by atoms with Crippen LogP contribution in [0.3, 0.4) is 0 Å². The minimum atomic E-state index is -0.706. The van der Waals surface area contributed by atoms with Crippen molar-refractivity contribution in [2.45, 2.75) is 50.5 Å². The van der Waals surface area contributed by atoms with Crippen molar-refractivity contribution in [2.75, 3.05) is 0 Å². The molecule has 2 aromatic carbocycles. The molecule has 0 radical (unpaired) electrons. The van der Waals surface area contributed by atoms with Crippen LogP contribution in [-0.4, -0.2) is 23.0 Å². The molecule has 1 heterocycles. The quantitative estimate of drug-likeness (QED) is 0.474. The predicted molar refractivity (Wildman–Crippen MR) is 119 cm³/mol. The smallest absolute Gasteiger partial charge is 0.253 e. The molecule has 1 saturated heterocycles. The number of ether oxygens (including phenoxy) is 1. The summed E-state index contributed by atoms with van der Waals surface area (Å²) in [4.78, 5) is 15.1. The fourth-order valence-corrected chi connectivity index (χ4v) is 4.22. The Kier molecular flexibility index (Phi) is 7.55. The lowest BCUT2D eigenvalue weighted by molar-refractivity contribution is -0.176. The van der Waals surface area contributed by atoms with Crippen LogP contribution >= 0.6 is 23.2 Å². The number of hydrogen-bond acceptors (Lipinski definition) is 3. The van der Waals surface area contributed by atoms with Gasteiger partial charge in [0.2, 0.25) is 0 Å². The molecular formula is C24H24Cl2N2O2. The van der Waals surface area contributed by atoms with Crippen LogP contribution in [0.15, 0.2) is 61.2 Å². The summed E-state index contributed by atoms with van der Waals surface area (Å²) in [7, 11) is 0. The molecule has 156 valence electrons. The van der Waals surface area contributed by atoms with Gasteiger partial charge in [0.05, 0.1) is 12.1 Å². The van der Waals surface area contributed by atoms with Gasteiger partial charge in [-0.05, 0) is 41.8 Å². The summed E-state index contributed by atoms with van der Waals surface area (Å²) in [5, 5.41) is 11.1. The van der Waals surface area contributed by atoms with Crippen molar-refractivity contribution in [3.8, 4) is 6.07 Å². The van der Waals surface area contributed by atoms with Crippen molar-refractivity contribution < 1.29 is 9.53 Å². The number of amides is 1. The fraction of sp³-hybridized carbons (Fsp3) is 0.333. The Bertz CT molecular complexity index is 939. The zero-order valence-electron chi connectivity index (χ0n) is 16.8. The standard InChI is InChI=1S/C24H24Cl2N2O2/c1-3-6-20(15-27)28-22(16-10-12-18(25)13-11-16)23(17-8-5-9-19(26)14-17)30-21(7-4-2)24(28)29/h4-5,8-14,20-23H,2-3,6-7H2,1H3/t20-,21+,22-,23+/m1/s1. The number of nitriles is 1. The molecule has 0 bridgehead atoms. The number of morpholine rings is 1. The first-order valence-electron chi connectivity index (χ1n) is 9.99. The van der Waals surface area contributed by atoms with Gasteiger partial charge in [0.1, 0.15) is 18.2 Å². The van der Waals surface area contributed by atoms with Gasteiger partial charge in [-0.25, -0.2) is 0 Å². The lowest BCUT2D eigenvalue weighted by Gasteiger charge is -2.46. The number of rotatable bonds is 7. The van der Waals surface area contributed by atoms with E-state index in [4.69, 9.17) is 27.9 Å². The fourth-order valence-electron chi connectivity index (χ4n) is 3.89. The highest BCUT2D eigenvalue weighted by atomic mass is 35.5. The SMILES string of the molecule is C=CC[C@@H]1O[C@@H](c2cccc(Cl)c2)[C@@H](c2ccc(Cl)cc2)N([C@@H](C#N)CCC)C1=O. The van der Waals surface area contributed by atoms with Crippen molar-refractivity contribution in [2.24, 2.45) is 0 Å². The highest BCUT2D eigenvalue weighted by Crippen LogP contribution is 2.44. The molecule has 2 aromatic rings. The summed E-state index contributed by atoms with van der Waals surface area (Å²) < 4.78 is 6.32. The highest BCUT2D eigenvalue weighted by Gasteiger charge is 2.46. The van der Waals surface area contributed by atoms with Crippen LogP contribution in [0.2, 0.25) is 10.0 Å². The van der Waals surface area contributed by atoms with Gasteiger partial charge in [0.15, 0.2) is 0 Å². The Hall–Kier alpha value is -2.32. The average Bonchev–Trinajstić information content (AvgIpc) is 2.74. The van der Waals surface area contributed by atoms with Crippen LogP contribution in [0, 0.1) is 11.3 Å². The monoisotopic (exact) mass is 442 g/mol. The zero-order valence-corrected chi connectivity index (χ0v) is 18.3. The summed E-state index contributed by atoms with van der Waals surface area (Å²) in [5.74, 6) is -0.201. The predicted octanol–water partition coefficient (Wildman–Crippen LogP) is 6.27. The molecule has 0 N–H and O–H groups in total. The Labute approximate surface area is 187 Å². The van der Waals surface area contributed by atoms with Crippen molar-refractivity contribution in [3.05, 3.63) is 82.4 Å². The molecule has 1 aliphatic heterocycles. The molecule has 30 heavy (non-hydrogen) atoms. The molecule has 0 aromatic heterocycles. The van der Waals surface area contributed by atoms with Gasteiger partial charge in [-0.2, -0.15) is 5.26 Å². The van der Waals surface area contributed by atoms with E-state index in [1.54, 1.807) is 29.2 Å². The van der Waals surface area contributed by atoms with E-state index in [2.05, 4.69) is 12.6 Å². The zero-order chi connectivity index (χ0) is 21.7. The van der Waals surface area contributed by atoms with Gasteiger partial charge in [0, 0.05) is 16.5 Å². The molecule has 0 unspecified atom stereocenters. The van der Waals surface area contributed by atoms with Crippen LogP contribution in [-0.2, 0) is 9.53 Å². The van der Waals surface area contributed by atoms with Crippen LogP contribution in [0.5, 0.6) is 0 Å². The van der Waals surface area contributed by atoms with Gasteiger partial charge in [-0.3, -0.25) is 4.79 Å². The van der Waals surface area contributed by atoms with Crippen LogP contribution in [0.4, 0.5) is 0 Å². The molecule has 4 nitrogen and oxygen atoms in total. The number of carbonyl (C=O) groups is 1. The molecular weight excluding hydrogens is 419 g/mol. The second-order valence-electron chi connectivity index (χ2n) is 7.30. The number of nitrogens with zero attached hydrogens (tertiary/aromatic N) is 2. The Balaban J connectivity index is 2.17. The summed E-state index contributed by atoms with van der Waals surface area (Å²) in [6, 6.07) is 16.0. The maximum absolute atomic E-state index is 13.4. The van der Waals surface area contributed by atoms with Gasteiger partial charge in [-0.1, -0.05) is 66.9 Å². The number of carbonyl (C=O) groups excluding carboxylic acids is 1. The maximum atomic E-state index is 13.4. The third-order valence-corrected chi connectivity index (χ3v) is 5.73. The first kappa shape index (κ1) is 22.4.